The van der Waals surface area contributed by atoms with Crippen molar-refractivity contribution in [2.75, 3.05) is 6.61 Å². The number of nitriles is 1. The number of hydrogen-bond donors (Lipinski definition) is 0. The van der Waals surface area contributed by atoms with Gasteiger partial charge in [0.15, 0.2) is 0 Å². The van der Waals surface area contributed by atoms with Gasteiger partial charge in [0, 0.05) is 38.0 Å². The van der Waals surface area contributed by atoms with E-state index >= 15 is 0 Å². The Kier molecular flexibility index (Phi) is 7.99. The number of fused-ring (bicyclic) bond motifs is 1. The van der Waals surface area contributed by atoms with E-state index in [4.69, 9.17) is 4.74 Å². The zero-order chi connectivity index (χ0) is 22.3. The molecule has 3 rings (SSSR count). The molecule has 1 unspecified atom stereocenters. The summed E-state index contributed by atoms with van der Waals surface area (Å²) < 4.78 is 9.86. The fourth-order valence-corrected chi connectivity index (χ4v) is 4.36. The molecule has 7 nitrogen and oxygen atoms in total. The third-order valence-electron chi connectivity index (χ3n) is 5.50. The summed E-state index contributed by atoms with van der Waals surface area (Å²) in [7, 11) is -1.10. The van der Waals surface area contributed by atoms with Crippen molar-refractivity contribution in [3.05, 3.63) is 31.0 Å². The van der Waals surface area contributed by atoms with E-state index in [0.717, 1.165) is 47.8 Å². The Labute approximate surface area is 186 Å². The van der Waals surface area contributed by atoms with Gasteiger partial charge in [-0.1, -0.05) is 45.8 Å². The van der Waals surface area contributed by atoms with Gasteiger partial charge in [0.1, 0.15) is 18.7 Å². The van der Waals surface area contributed by atoms with Crippen LogP contribution in [-0.2, 0) is 11.5 Å². The van der Waals surface area contributed by atoms with Gasteiger partial charge in [0.2, 0.25) is 0 Å². The molecule has 0 aliphatic heterocycles. The summed E-state index contributed by atoms with van der Waals surface area (Å²) in [5, 5.41) is 14.8. The zero-order valence-corrected chi connectivity index (χ0v) is 20.2. The summed E-state index contributed by atoms with van der Waals surface area (Å²) in [4.78, 5) is 9.02. The quantitative estimate of drug-likeness (QED) is 0.270. The van der Waals surface area contributed by atoms with Crippen LogP contribution in [0.25, 0.3) is 22.3 Å². The van der Waals surface area contributed by atoms with E-state index in [1.807, 2.05) is 33.9 Å². The maximum Gasteiger partial charge on any atom is 0.145 e. The molecule has 0 N–H and O–H groups in total. The molecule has 0 saturated carbocycles. The number of aromatic nitrogens is 5. The SMILES string of the molecule is CCCCCC(CC#N)n1cc(-c2ncnc3c2ccn3COCC[Si](C)(C)C)cn1. The Bertz CT molecular complexity index is 1010. The van der Waals surface area contributed by atoms with Crippen LogP contribution in [-0.4, -0.2) is 39.0 Å². The topological polar surface area (TPSA) is 81.5 Å². The highest BCUT2D eigenvalue weighted by Gasteiger charge is 2.16. The van der Waals surface area contributed by atoms with Crippen LogP contribution in [0, 0.1) is 11.3 Å². The molecule has 8 heteroatoms. The van der Waals surface area contributed by atoms with Gasteiger partial charge in [-0.2, -0.15) is 10.4 Å². The molecule has 1 atom stereocenters. The van der Waals surface area contributed by atoms with Crippen LogP contribution in [0.1, 0.15) is 45.1 Å². The second kappa shape index (κ2) is 10.7. The third-order valence-corrected chi connectivity index (χ3v) is 7.20. The zero-order valence-electron chi connectivity index (χ0n) is 19.2. The Hall–Kier alpha value is -2.50. The first kappa shape index (κ1) is 23.2. The highest BCUT2D eigenvalue weighted by molar-refractivity contribution is 6.76. The number of ether oxygens (including phenoxy) is 1. The van der Waals surface area contributed by atoms with Gasteiger partial charge in [-0.15, -0.1) is 0 Å². The standard InChI is InChI=1S/C23H34N6OSi/c1-5-6-7-8-20(9-11-24)29-16-19(15-27-29)22-21-10-12-28(23(21)26-17-25-22)18-30-13-14-31(2,3)4/h10,12,15-17,20H,5-9,13-14,18H2,1-4H3. The monoisotopic (exact) mass is 438 g/mol. The van der Waals surface area contributed by atoms with Crippen LogP contribution in [0.3, 0.4) is 0 Å². The summed E-state index contributed by atoms with van der Waals surface area (Å²) in [6.07, 6.45) is 12.3. The van der Waals surface area contributed by atoms with Gasteiger partial charge in [-0.25, -0.2) is 9.97 Å². The van der Waals surface area contributed by atoms with Crippen LogP contribution in [0.2, 0.25) is 25.7 Å². The van der Waals surface area contributed by atoms with Crippen molar-refractivity contribution in [1.29, 1.82) is 5.26 Å². The Balaban J connectivity index is 1.76. The lowest BCUT2D eigenvalue weighted by Gasteiger charge is -2.15. The molecule has 0 radical (unpaired) electrons. The fraction of sp³-hybridized carbons (Fsp3) is 0.565. The van der Waals surface area contributed by atoms with Crippen LogP contribution < -0.4 is 0 Å². The van der Waals surface area contributed by atoms with Gasteiger partial charge in [-0.05, 0) is 18.5 Å². The van der Waals surface area contributed by atoms with Gasteiger partial charge in [0.05, 0.1) is 30.4 Å². The minimum Gasteiger partial charge on any atom is -0.361 e. The lowest BCUT2D eigenvalue weighted by molar-refractivity contribution is 0.0899. The van der Waals surface area contributed by atoms with Crippen LogP contribution in [0.15, 0.2) is 31.0 Å². The van der Waals surface area contributed by atoms with E-state index in [9.17, 15) is 5.26 Å². The molecule has 31 heavy (non-hydrogen) atoms. The van der Waals surface area contributed by atoms with E-state index in [1.165, 1.54) is 12.8 Å². The number of nitrogens with zero attached hydrogens (tertiary/aromatic N) is 6. The van der Waals surface area contributed by atoms with Gasteiger partial charge in [0.25, 0.3) is 0 Å². The molecular formula is C23H34N6OSi. The minimum atomic E-state index is -1.10. The highest BCUT2D eigenvalue weighted by Crippen LogP contribution is 2.28. The Morgan fingerprint density at radius 2 is 2.06 bits per heavy atom. The summed E-state index contributed by atoms with van der Waals surface area (Å²) >= 11 is 0. The van der Waals surface area contributed by atoms with Crippen molar-refractivity contribution in [1.82, 2.24) is 24.3 Å². The van der Waals surface area contributed by atoms with Gasteiger partial charge in [-0.3, -0.25) is 4.68 Å². The molecule has 0 aliphatic carbocycles. The Morgan fingerprint density at radius 1 is 1.23 bits per heavy atom. The van der Waals surface area contributed by atoms with Crippen LogP contribution in [0.4, 0.5) is 0 Å². The molecule has 3 aromatic rings. The van der Waals surface area contributed by atoms with Gasteiger partial charge >= 0.3 is 0 Å². The summed E-state index contributed by atoms with van der Waals surface area (Å²) in [6.45, 7) is 10.5. The largest absolute Gasteiger partial charge is 0.361 e. The van der Waals surface area contributed by atoms with Gasteiger partial charge < -0.3 is 9.30 Å². The maximum absolute atomic E-state index is 9.23. The molecular weight excluding hydrogens is 404 g/mol. The second-order valence-electron chi connectivity index (χ2n) is 9.31. The predicted molar refractivity (Wildman–Crippen MR) is 126 cm³/mol. The van der Waals surface area contributed by atoms with E-state index in [2.05, 4.69) is 47.7 Å². The molecule has 3 heterocycles. The van der Waals surface area contributed by atoms with E-state index in [-0.39, 0.29) is 6.04 Å². The van der Waals surface area contributed by atoms with Crippen molar-refractivity contribution in [3.8, 4) is 17.3 Å². The number of unbranched alkanes of at least 4 members (excludes halogenated alkanes) is 2. The molecule has 0 fully saturated rings. The van der Waals surface area contributed by atoms with Crippen molar-refractivity contribution < 1.29 is 4.74 Å². The maximum atomic E-state index is 9.23. The first-order valence-corrected chi connectivity index (χ1v) is 14.9. The smallest absolute Gasteiger partial charge is 0.145 e. The molecule has 0 aromatic carbocycles. The summed E-state index contributed by atoms with van der Waals surface area (Å²) in [5.74, 6) is 0. The van der Waals surface area contributed by atoms with E-state index in [1.54, 1.807) is 6.33 Å². The van der Waals surface area contributed by atoms with Crippen molar-refractivity contribution in [3.63, 3.8) is 0 Å². The van der Waals surface area contributed by atoms with E-state index in [0.29, 0.717) is 13.2 Å². The van der Waals surface area contributed by atoms with E-state index < -0.39 is 8.07 Å². The first-order valence-electron chi connectivity index (χ1n) is 11.2. The third kappa shape index (κ3) is 6.25. The summed E-state index contributed by atoms with van der Waals surface area (Å²) in [5.41, 5.74) is 2.67. The lowest BCUT2D eigenvalue weighted by Crippen LogP contribution is -2.22. The number of rotatable bonds is 12. The lowest BCUT2D eigenvalue weighted by atomic mass is 10.1. The fourth-order valence-electron chi connectivity index (χ4n) is 3.60. The van der Waals surface area contributed by atoms with Crippen LogP contribution in [0.5, 0.6) is 0 Å². The predicted octanol–water partition coefficient (Wildman–Crippen LogP) is 5.64. The normalized spacial score (nSPS) is 12.9. The average molecular weight is 439 g/mol. The average Bonchev–Trinajstić information content (AvgIpc) is 3.37. The van der Waals surface area contributed by atoms with Crippen LogP contribution >= 0.6 is 0 Å². The van der Waals surface area contributed by atoms with Crippen molar-refractivity contribution in [2.45, 2.75) is 77.5 Å². The number of hydrogen-bond acceptors (Lipinski definition) is 5. The van der Waals surface area contributed by atoms with Crippen molar-refractivity contribution in [2.24, 2.45) is 0 Å². The second-order valence-corrected chi connectivity index (χ2v) is 14.9. The molecule has 0 spiro atoms. The molecule has 0 amide bonds. The highest BCUT2D eigenvalue weighted by atomic mass is 28.3. The Morgan fingerprint density at radius 3 is 2.81 bits per heavy atom. The first-order chi connectivity index (χ1) is 14.9. The molecule has 0 aliphatic rings. The summed E-state index contributed by atoms with van der Waals surface area (Å²) in [6, 6.07) is 5.60. The van der Waals surface area contributed by atoms with Crippen molar-refractivity contribution >= 4 is 19.1 Å². The molecule has 0 saturated heterocycles. The molecule has 0 bridgehead atoms. The molecule has 3 aromatic heterocycles. The molecule has 166 valence electrons. The minimum absolute atomic E-state index is 0.104.